The van der Waals surface area contributed by atoms with E-state index in [9.17, 15) is 9.59 Å². The van der Waals surface area contributed by atoms with Crippen LogP contribution in [0.15, 0.2) is 0 Å². The van der Waals surface area contributed by atoms with Gasteiger partial charge in [0.1, 0.15) is 6.02 Å². The third-order valence-corrected chi connectivity index (χ3v) is 0.885. The molecule has 11 heavy (non-hydrogen) atoms. The Balaban J connectivity index is 4.59. The third kappa shape index (κ3) is 5.35. The van der Waals surface area contributed by atoms with Crippen molar-refractivity contribution in [1.82, 2.24) is 0 Å². The van der Waals surface area contributed by atoms with Gasteiger partial charge in [0.2, 0.25) is 0 Å². The average Bonchev–Trinajstić information content (AvgIpc) is 2.00. The molecule has 0 aromatic carbocycles. The van der Waals surface area contributed by atoms with Crippen molar-refractivity contribution in [2.75, 3.05) is 0 Å². The Hall–Kier alpha value is -1.10. The number of rotatable bonds is 5. The van der Waals surface area contributed by atoms with Gasteiger partial charge < -0.3 is 15.9 Å². The van der Waals surface area contributed by atoms with Crippen LogP contribution in [0.4, 0.5) is 0 Å². The van der Waals surface area contributed by atoms with Gasteiger partial charge in [0.25, 0.3) is 0 Å². The van der Waals surface area contributed by atoms with Crippen molar-refractivity contribution in [1.29, 1.82) is 0 Å². The van der Waals surface area contributed by atoms with Crippen molar-refractivity contribution in [3.8, 4) is 0 Å². The molecule has 4 N–H and O–H groups in total. The van der Waals surface area contributed by atoms with Crippen molar-refractivity contribution < 1.29 is 23.9 Å². The van der Waals surface area contributed by atoms with E-state index in [2.05, 4.69) is 0 Å². The van der Waals surface area contributed by atoms with Gasteiger partial charge in [-0.2, -0.15) is 0 Å². The van der Waals surface area contributed by atoms with Crippen molar-refractivity contribution in [3.63, 3.8) is 0 Å². The molecule has 0 fully saturated rings. The van der Waals surface area contributed by atoms with Crippen LogP contribution in [0.3, 0.4) is 0 Å². The number of carbonyl (C=O) groups is 2. The molecule has 0 radical (unpaired) electrons. The van der Waals surface area contributed by atoms with Gasteiger partial charge in [0, 0.05) is 9.16 Å². The third-order valence-electron chi connectivity index (χ3n) is 0.885. The summed E-state index contributed by atoms with van der Waals surface area (Å²) in [6.07, 6.45) is -3.77. The monoisotopic (exact) mass is 164 g/mol. The van der Waals surface area contributed by atoms with Crippen LogP contribution in [0, 0.1) is 0 Å². The molecule has 0 bridgehead atoms. The second kappa shape index (κ2) is 4.68. The minimum absolute atomic E-state index is 0.571. The first kappa shape index (κ1) is 5.54. The first-order chi connectivity index (χ1) is 6.11. The van der Waals surface area contributed by atoms with Crippen LogP contribution in [-0.4, -0.2) is 28.2 Å². The highest BCUT2D eigenvalue weighted by Gasteiger charge is 2.10. The largest absolute Gasteiger partial charge is 0.481 e. The van der Waals surface area contributed by atoms with Gasteiger partial charge >= 0.3 is 11.9 Å². The molecular weight excluding hydrogens is 150 g/mol. The van der Waals surface area contributed by atoms with Gasteiger partial charge in [0.05, 0.1) is 1.37 Å². The van der Waals surface area contributed by atoms with Crippen LogP contribution in [-0.2, 0) is 9.59 Å². The lowest BCUT2D eigenvalue weighted by Crippen LogP contribution is -2.29. The van der Waals surface area contributed by atoms with Gasteiger partial charge in [-0.05, 0) is 12.8 Å². The van der Waals surface area contributed by atoms with E-state index in [4.69, 9.17) is 20.1 Å². The molecule has 0 rings (SSSR count). The summed E-state index contributed by atoms with van der Waals surface area (Å²) in [6.45, 7) is 0. The maximum Gasteiger partial charge on any atom is 0.320 e. The summed E-state index contributed by atoms with van der Waals surface area (Å²) < 4.78 is 21.4. The zero-order chi connectivity index (χ0) is 11.6. The molecule has 0 aromatic rings. The SMILES string of the molecule is [2H]C([2H])(CCC(=O)O)C([2H])(N)C(=O)O. The minimum atomic E-state index is -2.83. The molecule has 0 aliphatic carbocycles. The lowest BCUT2D eigenvalue weighted by atomic mass is 10.1. The summed E-state index contributed by atoms with van der Waals surface area (Å²) in [5, 5.41) is 16.7. The Labute approximate surface area is 68.0 Å². The van der Waals surface area contributed by atoms with Gasteiger partial charge in [-0.3, -0.25) is 9.59 Å². The van der Waals surface area contributed by atoms with Gasteiger partial charge in [-0.15, -0.1) is 0 Å². The molecule has 0 aromatic heterocycles. The summed E-state index contributed by atoms with van der Waals surface area (Å²) in [6, 6.07) is -2.83. The quantitative estimate of drug-likeness (QED) is 0.515. The Kier molecular flexibility index (Phi) is 2.35. The van der Waals surface area contributed by atoms with Crippen LogP contribution in [0.5, 0.6) is 0 Å². The molecule has 64 valence electrons. The van der Waals surface area contributed by atoms with Gasteiger partial charge in [-0.1, -0.05) is 0 Å². The summed E-state index contributed by atoms with van der Waals surface area (Å²) in [5.41, 5.74) is 4.92. The van der Waals surface area contributed by atoms with E-state index < -0.39 is 37.2 Å². The first-order valence-corrected chi connectivity index (χ1v) is 2.85. The van der Waals surface area contributed by atoms with Crippen molar-refractivity contribution in [2.24, 2.45) is 5.73 Å². The molecule has 0 aliphatic heterocycles. The molecule has 0 saturated heterocycles. The zero-order valence-corrected chi connectivity index (χ0v) is 5.70. The predicted molar refractivity (Wildman–Crippen MR) is 37.1 cm³/mol. The fourth-order valence-corrected chi connectivity index (χ4v) is 0.380. The normalized spacial score (nSPS) is 20.6. The van der Waals surface area contributed by atoms with Crippen LogP contribution in [0.1, 0.15) is 23.3 Å². The maximum atomic E-state index is 10.4. The molecular formula is C6H11NO4. The summed E-state index contributed by atoms with van der Waals surface area (Å²) in [4.78, 5) is 20.5. The first-order valence-electron chi connectivity index (χ1n) is 4.35. The molecule has 1 unspecified atom stereocenters. The Morgan fingerprint density at radius 3 is 2.55 bits per heavy atom. The maximum absolute atomic E-state index is 10.4. The number of nitrogens with two attached hydrogens (primary N) is 1. The van der Waals surface area contributed by atoms with E-state index >= 15 is 0 Å². The molecule has 0 amide bonds. The number of hydrogen-bond acceptors (Lipinski definition) is 3. The number of hydrogen-bond donors (Lipinski definition) is 3. The average molecular weight is 164 g/mol. The molecule has 0 saturated carbocycles. The fourth-order valence-electron chi connectivity index (χ4n) is 0.380. The fraction of sp³-hybridized carbons (Fsp3) is 0.667. The lowest BCUT2D eigenvalue weighted by Gasteiger charge is -2.02. The topological polar surface area (TPSA) is 101 Å². The smallest absolute Gasteiger partial charge is 0.320 e. The molecule has 0 aliphatic rings. The minimum Gasteiger partial charge on any atom is -0.481 e. The number of carboxylic acids is 2. The lowest BCUT2D eigenvalue weighted by molar-refractivity contribution is -0.140. The number of aliphatic carboxylic acids is 2. The zero-order valence-electron chi connectivity index (χ0n) is 8.70. The number of carboxylic acid groups (broad SMARTS) is 2. The molecule has 5 nitrogen and oxygen atoms in total. The van der Waals surface area contributed by atoms with Gasteiger partial charge in [0.15, 0.2) is 0 Å². The second-order valence-corrected chi connectivity index (χ2v) is 1.79. The van der Waals surface area contributed by atoms with E-state index in [1.165, 1.54) is 0 Å². The molecule has 0 heterocycles. The molecule has 5 heteroatoms. The molecule has 1 atom stereocenters. The Morgan fingerprint density at radius 2 is 2.18 bits per heavy atom. The Morgan fingerprint density at radius 1 is 1.64 bits per heavy atom. The second-order valence-electron chi connectivity index (χ2n) is 1.79. The molecule has 0 spiro atoms. The Bertz CT molecular complexity index is 253. The highest BCUT2D eigenvalue weighted by atomic mass is 16.4. The highest BCUT2D eigenvalue weighted by molar-refractivity contribution is 5.73. The van der Waals surface area contributed by atoms with Crippen LogP contribution in [0.25, 0.3) is 0 Å². The van der Waals surface area contributed by atoms with E-state index in [1.54, 1.807) is 0 Å². The summed E-state index contributed by atoms with van der Waals surface area (Å²) >= 11 is 0. The predicted octanol–water partition coefficient (Wildman–Crippen LogP) is -0.347. The van der Waals surface area contributed by atoms with Crippen LogP contribution < -0.4 is 5.73 Å². The van der Waals surface area contributed by atoms with Crippen molar-refractivity contribution >= 4 is 11.9 Å². The van der Waals surface area contributed by atoms with E-state index in [0.717, 1.165) is 0 Å². The highest BCUT2D eigenvalue weighted by Crippen LogP contribution is 1.98. The van der Waals surface area contributed by atoms with Crippen molar-refractivity contribution in [3.05, 3.63) is 0 Å². The summed E-state index contributed by atoms with van der Waals surface area (Å²) in [5.74, 6) is -3.09. The van der Waals surface area contributed by atoms with Crippen LogP contribution in [0.2, 0.25) is 0 Å². The van der Waals surface area contributed by atoms with E-state index in [0.29, 0.717) is 0 Å². The van der Waals surface area contributed by atoms with E-state index in [1.807, 2.05) is 0 Å². The summed E-state index contributed by atoms with van der Waals surface area (Å²) in [7, 11) is 0. The van der Waals surface area contributed by atoms with Gasteiger partial charge in [-0.25, -0.2) is 0 Å². The van der Waals surface area contributed by atoms with E-state index in [-0.39, 0.29) is 0 Å². The van der Waals surface area contributed by atoms with Crippen LogP contribution >= 0.6 is 0 Å². The van der Waals surface area contributed by atoms with Crippen molar-refractivity contribution in [2.45, 2.75) is 25.2 Å². The standard InChI is InChI=1S/C6H11NO4/c7-4(6(10)11)2-1-3-5(8)9/h4H,1-3,7H2,(H,8,9)(H,10,11)/i2D2,4D.